The standard InChI is InChI=1S/C26H28Cl2N2O2/c1-6-19(17-18(4)5)26(32)25(7-2,8-3)29(22-13-9-20(27)10-14-22)24(31)30(26)23-15-11-21(28)12-16-23/h6,9-17,32H,1,4,7-8H2,2-3,5H3/b19-17+. The van der Waals surface area contributed by atoms with E-state index in [0.29, 0.717) is 39.8 Å². The average molecular weight is 471 g/mol. The molecule has 0 spiro atoms. The van der Waals surface area contributed by atoms with Crippen molar-refractivity contribution < 1.29 is 9.90 Å². The lowest BCUT2D eigenvalue weighted by molar-refractivity contribution is 0.0207. The van der Waals surface area contributed by atoms with Gasteiger partial charge in [-0.25, -0.2) is 4.79 Å². The fourth-order valence-corrected chi connectivity index (χ4v) is 4.90. The van der Waals surface area contributed by atoms with Crippen LogP contribution in [0.4, 0.5) is 16.2 Å². The van der Waals surface area contributed by atoms with Gasteiger partial charge in [0.15, 0.2) is 5.72 Å². The maximum Gasteiger partial charge on any atom is 0.332 e. The van der Waals surface area contributed by atoms with E-state index >= 15 is 0 Å². The molecule has 1 unspecified atom stereocenters. The van der Waals surface area contributed by atoms with E-state index in [2.05, 4.69) is 13.2 Å². The Labute approximate surface area is 200 Å². The zero-order valence-electron chi connectivity index (χ0n) is 18.6. The molecule has 1 aliphatic heterocycles. The highest BCUT2D eigenvalue weighted by atomic mass is 35.5. The average Bonchev–Trinajstić information content (AvgIpc) is 2.97. The molecule has 1 heterocycles. The van der Waals surface area contributed by atoms with Gasteiger partial charge in [0.1, 0.15) is 5.54 Å². The SMILES string of the molecule is C=C/C(=C\C(=C)C)C1(O)N(c2ccc(Cl)cc2)C(=O)N(c2ccc(Cl)cc2)C1(CC)CC. The van der Waals surface area contributed by atoms with Crippen molar-refractivity contribution in [2.24, 2.45) is 0 Å². The Bertz CT molecular complexity index is 1060. The lowest BCUT2D eigenvalue weighted by Crippen LogP contribution is -2.62. The number of urea groups is 1. The van der Waals surface area contributed by atoms with Gasteiger partial charge < -0.3 is 5.11 Å². The van der Waals surface area contributed by atoms with Crippen LogP contribution in [0.2, 0.25) is 10.0 Å². The minimum Gasteiger partial charge on any atom is -0.364 e. The largest absolute Gasteiger partial charge is 0.364 e. The van der Waals surface area contributed by atoms with Crippen LogP contribution in [0.15, 0.2) is 85.0 Å². The summed E-state index contributed by atoms with van der Waals surface area (Å²) in [5.41, 5.74) is -0.304. The Kier molecular flexibility index (Phi) is 6.89. The number of rotatable bonds is 7. The topological polar surface area (TPSA) is 43.8 Å². The summed E-state index contributed by atoms with van der Waals surface area (Å²) in [4.78, 5) is 17.2. The van der Waals surface area contributed by atoms with E-state index in [-0.39, 0.29) is 6.03 Å². The molecule has 1 saturated heterocycles. The third-order valence-electron chi connectivity index (χ3n) is 6.15. The Morgan fingerprint density at radius 3 is 1.78 bits per heavy atom. The molecule has 3 rings (SSSR count). The van der Waals surface area contributed by atoms with Gasteiger partial charge in [0.2, 0.25) is 0 Å². The first-order valence-corrected chi connectivity index (χ1v) is 11.3. The minimum atomic E-state index is -1.72. The Morgan fingerprint density at radius 1 is 0.969 bits per heavy atom. The van der Waals surface area contributed by atoms with Gasteiger partial charge in [-0.15, -0.1) is 0 Å². The third-order valence-corrected chi connectivity index (χ3v) is 6.65. The van der Waals surface area contributed by atoms with E-state index in [9.17, 15) is 9.90 Å². The molecule has 4 nitrogen and oxygen atoms in total. The summed E-state index contributed by atoms with van der Waals surface area (Å²) in [5.74, 6) is 0. The molecular formula is C26H28Cl2N2O2. The second kappa shape index (κ2) is 9.14. The fourth-order valence-electron chi connectivity index (χ4n) is 4.65. The Hall–Kier alpha value is -2.53. The molecule has 0 aliphatic carbocycles. The fraction of sp³-hybridized carbons (Fsp3) is 0.269. The van der Waals surface area contributed by atoms with E-state index in [1.807, 2.05) is 20.8 Å². The molecule has 168 valence electrons. The molecule has 2 aromatic rings. The maximum atomic E-state index is 14.1. The van der Waals surface area contributed by atoms with Crippen molar-refractivity contribution in [2.45, 2.75) is 44.9 Å². The number of carbonyl (C=O) groups is 1. The summed E-state index contributed by atoms with van der Waals surface area (Å²) >= 11 is 12.2. The smallest absolute Gasteiger partial charge is 0.332 e. The second-order valence-electron chi connectivity index (χ2n) is 7.97. The third kappa shape index (κ3) is 3.66. The number of hydrogen-bond donors (Lipinski definition) is 1. The summed E-state index contributed by atoms with van der Waals surface area (Å²) in [5, 5.41) is 13.7. The normalized spacial score (nSPS) is 20.6. The van der Waals surface area contributed by atoms with Gasteiger partial charge >= 0.3 is 6.03 Å². The van der Waals surface area contributed by atoms with Crippen LogP contribution >= 0.6 is 23.2 Å². The van der Waals surface area contributed by atoms with Crippen LogP contribution in [0, 0.1) is 0 Å². The summed E-state index contributed by atoms with van der Waals surface area (Å²) in [6.45, 7) is 13.7. The van der Waals surface area contributed by atoms with Gasteiger partial charge in [-0.05, 0) is 68.3 Å². The summed E-state index contributed by atoms with van der Waals surface area (Å²) in [7, 11) is 0. The molecule has 1 fully saturated rings. The highest BCUT2D eigenvalue weighted by Crippen LogP contribution is 2.52. The molecule has 0 aromatic heterocycles. The minimum absolute atomic E-state index is 0.352. The van der Waals surface area contributed by atoms with Crippen molar-refractivity contribution in [3.63, 3.8) is 0 Å². The molecule has 6 heteroatoms. The summed E-state index contributed by atoms with van der Waals surface area (Å²) in [6, 6.07) is 13.6. The molecule has 2 amide bonds. The molecule has 0 saturated carbocycles. The van der Waals surface area contributed by atoms with E-state index < -0.39 is 11.3 Å². The number of benzene rings is 2. The van der Waals surface area contributed by atoms with E-state index in [1.54, 1.807) is 65.6 Å². The highest BCUT2D eigenvalue weighted by Gasteiger charge is 2.67. The molecule has 0 radical (unpaired) electrons. The first kappa shape index (κ1) is 24.1. The molecule has 0 bridgehead atoms. The molecule has 32 heavy (non-hydrogen) atoms. The van der Waals surface area contributed by atoms with Crippen molar-refractivity contribution in [1.82, 2.24) is 0 Å². The Balaban J connectivity index is 2.39. The number of amides is 2. The zero-order chi connectivity index (χ0) is 23.7. The predicted octanol–water partition coefficient (Wildman–Crippen LogP) is 7.38. The zero-order valence-corrected chi connectivity index (χ0v) is 20.1. The van der Waals surface area contributed by atoms with Crippen LogP contribution in [-0.4, -0.2) is 22.4 Å². The summed E-state index contributed by atoms with van der Waals surface area (Å²) < 4.78 is 0. The number of aliphatic hydroxyl groups is 1. The van der Waals surface area contributed by atoms with E-state index in [1.165, 1.54) is 4.90 Å². The number of carbonyl (C=O) groups excluding carboxylic acids is 1. The van der Waals surface area contributed by atoms with Gasteiger partial charge in [-0.3, -0.25) is 9.80 Å². The monoisotopic (exact) mass is 470 g/mol. The quantitative estimate of drug-likeness (QED) is 0.429. The molecule has 1 N–H and O–H groups in total. The van der Waals surface area contributed by atoms with Gasteiger partial charge in [0.25, 0.3) is 0 Å². The second-order valence-corrected chi connectivity index (χ2v) is 8.84. The van der Waals surface area contributed by atoms with Crippen molar-refractivity contribution in [3.8, 4) is 0 Å². The van der Waals surface area contributed by atoms with Gasteiger partial charge in [0, 0.05) is 27.0 Å². The molecule has 2 aromatic carbocycles. The molecule has 1 atom stereocenters. The lowest BCUT2D eigenvalue weighted by atomic mass is 9.75. The lowest BCUT2D eigenvalue weighted by Gasteiger charge is -2.47. The Morgan fingerprint density at radius 2 is 1.41 bits per heavy atom. The molecule has 1 aliphatic rings. The van der Waals surface area contributed by atoms with Gasteiger partial charge in [-0.2, -0.15) is 0 Å². The van der Waals surface area contributed by atoms with Crippen molar-refractivity contribution in [1.29, 1.82) is 0 Å². The number of allylic oxidation sites excluding steroid dienone is 2. The van der Waals surface area contributed by atoms with Crippen LogP contribution in [0.5, 0.6) is 0 Å². The predicted molar refractivity (Wildman–Crippen MR) is 135 cm³/mol. The van der Waals surface area contributed by atoms with E-state index in [4.69, 9.17) is 23.2 Å². The number of hydrogen-bond acceptors (Lipinski definition) is 2. The van der Waals surface area contributed by atoms with Gasteiger partial charge in [-0.1, -0.05) is 67.9 Å². The number of nitrogens with zero attached hydrogens (tertiary/aromatic N) is 2. The van der Waals surface area contributed by atoms with Crippen molar-refractivity contribution in [3.05, 3.63) is 95.0 Å². The highest BCUT2D eigenvalue weighted by molar-refractivity contribution is 6.31. The van der Waals surface area contributed by atoms with Crippen molar-refractivity contribution in [2.75, 3.05) is 9.80 Å². The van der Waals surface area contributed by atoms with Crippen LogP contribution < -0.4 is 9.80 Å². The molecular weight excluding hydrogens is 443 g/mol. The number of anilines is 2. The van der Waals surface area contributed by atoms with E-state index in [0.717, 1.165) is 5.57 Å². The summed E-state index contributed by atoms with van der Waals surface area (Å²) in [6.07, 6.45) is 4.34. The number of halogens is 2. The maximum absolute atomic E-state index is 14.1. The van der Waals surface area contributed by atoms with Crippen LogP contribution in [0.1, 0.15) is 33.6 Å². The van der Waals surface area contributed by atoms with Crippen LogP contribution in [-0.2, 0) is 0 Å². The first-order chi connectivity index (χ1) is 15.2. The van der Waals surface area contributed by atoms with Crippen LogP contribution in [0.3, 0.4) is 0 Å². The van der Waals surface area contributed by atoms with Gasteiger partial charge in [0.05, 0.1) is 0 Å². The van der Waals surface area contributed by atoms with Crippen LogP contribution in [0.25, 0.3) is 0 Å². The first-order valence-electron chi connectivity index (χ1n) is 10.5. The van der Waals surface area contributed by atoms with Crippen molar-refractivity contribution >= 4 is 40.6 Å².